The summed E-state index contributed by atoms with van der Waals surface area (Å²) in [4.78, 5) is 5.14. The highest BCUT2D eigenvalue weighted by molar-refractivity contribution is 5.62. The van der Waals surface area contributed by atoms with E-state index in [-0.39, 0.29) is 5.41 Å². The van der Waals surface area contributed by atoms with Gasteiger partial charge in [0.1, 0.15) is 0 Å². The van der Waals surface area contributed by atoms with Crippen LogP contribution in [0.1, 0.15) is 34.6 Å². The highest BCUT2D eigenvalue weighted by atomic mass is 15.2. The third-order valence-corrected chi connectivity index (χ3v) is 6.35. The zero-order chi connectivity index (χ0) is 15.4. The number of fused-ring (bicyclic) bond motifs is 8. The first-order valence-corrected chi connectivity index (χ1v) is 8.88. The van der Waals surface area contributed by atoms with Crippen LogP contribution in [0.2, 0.25) is 0 Å². The molecule has 0 N–H and O–H groups in total. The third kappa shape index (κ3) is 1.88. The van der Waals surface area contributed by atoms with Crippen LogP contribution in [0.25, 0.3) is 0 Å². The van der Waals surface area contributed by atoms with Crippen LogP contribution >= 0.6 is 0 Å². The Hall–Kier alpha value is -1.64. The predicted octanol–water partition coefficient (Wildman–Crippen LogP) is 3.07. The fourth-order valence-electron chi connectivity index (χ4n) is 5.20. The molecule has 0 aromatic heterocycles. The number of rotatable bonds is 2. The molecule has 2 heteroatoms. The van der Waals surface area contributed by atoms with E-state index in [0.29, 0.717) is 5.92 Å². The summed E-state index contributed by atoms with van der Waals surface area (Å²) in [5, 5.41) is 0. The van der Waals surface area contributed by atoms with Crippen LogP contribution < -0.4 is 0 Å². The van der Waals surface area contributed by atoms with Crippen molar-refractivity contribution in [1.29, 1.82) is 0 Å². The first kappa shape index (κ1) is 13.8. The smallest absolute Gasteiger partial charge is 0.0344 e. The molecular weight excluding hydrogens is 280 g/mol. The molecule has 0 spiro atoms. The molecule has 1 saturated heterocycles. The van der Waals surface area contributed by atoms with Gasteiger partial charge in [-0.05, 0) is 35.7 Å². The Morgan fingerprint density at radius 3 is 2.04 bits per heavy atom. The standard InChI is InChI=1S/C21H24N2/c1-22-10-12-23(13-11-22)15-21-14-18(16-6-2-4-8-19(16)21)17-7-3-5-9-20(17)21/h2-9,18H,10-15H2,1H3. The topological polar surface area (TPSA) is 6.48 Å². The lowest BCUT2D eigenvalue weighted by Gasteiger charge is -2.40. The molecule has 2 nitrogen and oxygen atoms in total. The van der Waals surface area contributed by atoms with Gasteiger partial charge in [0.15, 0.2) is 0 Å². The van der Waals surface area contributed by atoms with E-state index in [1.54, 1.807) is 22.3 Å². The molecule has 2 aromatic carbocycles. The lowest BCUT2D eigenvalue weighted by atomic mass is 9.74. The SMILES string of the molecule is CN1CCN(CC23CC(c4ccccc42)c2ccccc23)CC1. The lowest BCUT2D eigenvalue weighted by Crippen LogP contribution is -2.49. The molecule has 0 unspecified atom stereocenters. The van der Waals surface area contributed by atoms with Gasteiger partial charge in [0.05, 0.1) is 0 Å². The Morgan fingerprint density at radius 1 is 0.870 bits per heavy atom. The second-order valence-corrected chi connectivity index (χ2v) is 7.59. The maximum atomic E-state index is 2.70. The molecule has 118 valence electrons. The van der Waals surface area contributed by atoms with Crippen molar-refractivity contribution in [2.75, 3.05) is 39.8 Å². The van der Waals surface area contributed by atoms with Crippen molar-refractivity contribution in [3.05, 3.63) is 70.8 Å². The summed E-state index contributed by atoms with van der Waals surface area (Å²) in [6.45, 7) is 5.98. The van der Waals surface area contributed by atoms with Crippen molar-refractivity contribution in [1.82, 2.24) is 9.80 Å². The molecule has 0 amide bonds. The summed E-state index contributed by atoms with van der Waals surface area (Å²) in [7, 11) is 2.24. The molecule has 1 heterocycles. The molecule has 2 bridgehead atoms. The van der Waals surface area contributed by atoms with Gasteiger partial charge >= 0.3 is 0 Å². The summed E-state index contributed by atoms with van der Waals surface area (Å²) < 4.78 is 0. The normalized spacial score (nSPS) is 29.5. The van der Waals surface area contributed by atoms with Gasteiger partial charge in [-0.3, -0.25) is 4.90 Å². The lowest BCUT2D eigenvalue weighted by molar-refractivity contribution is 0.135. The average molecular weight is 304 g/mol. The molecule has 0 radical (unpaired) electrons. The quantitative estimate of drug-likeness (QED) is 0.841. The van der Waals surface area contributed by atoms with Crippen molar-refractivity contribution in [3.63, 3.8) is 0 Å². The highest BCUT2D eigenvalue weighted by Crippen LogP contribution is 2.60. The first-order valence-electron chi connectivity index (χ1n) is 8.88. The fourth-order valence-corrected chi connectivity index (χ4v) is 5.20. The maximum Gasteiger partial charge on any atom is 0.0344 e. The number of likely N-dealkylation sites (N-methyl/N-ethyl adjacent to an activating group) is 1. The van der Waals surface area contributed by atoms with Crippen LogP contribution in [0.3, 0.4) is 0 Å². The maximum absolute atomic E-state index is 2.70. The summed E-state index contributed by atoms with van der Waals surface area (Å²) in [6.07, 6.45) is 1.28. The van der Waals surface area contributed by atoms with Crippen molar-refractivity contribution in [2.45, 2.75) is 17.8 Å². The Kier molecular flexibility index (Phi) is 2.95. The number of benzene rings is 2. The summed E-state index contributed by atoms with van der Waals surface area (Å²) in [6, 6.07) is 18.4. The van der Waals surface area contributed by atoms with E-state index in [0.717, 1.165) is 0 Å². The third-order valence-electron chi connectivity index (χ3n) is 6.35. The molecule has 3 aliphatic rings. The minimum Gasteiger partial charge on any atom is -0.304 e. The van der Waals surface area contributed by atoms with Gasteiger partial charge in [0, 0.05) is 44.1 Å². The fraction of sp³-hybridized carbons (Fsp3) is 0.429. The highest BCUT2D eigenvalue weighted by Gasteiger charge is 2.52. The molecule has 0 atom stereocenters. The number of piperazine rings is 1. The van der Waals surface area contributed by atoms with Gasteiger partial charge in [-0.25, -0.2) is 0 Å². The van der Waals surface area contributed by atoms with Gasteiger partial charge < -0.3 is 4.90 Å². The van der Waals surface area contributed by atoms with E-state index in [9.17, 15) is 0 Å². The first-order chi connectivity index (χ1) is 11.3. The summed E-state index contributed by atoms with van der Waals surface area (Å²) in [5.41, 5.74) is 6.60. The molecule has 23 heavy (non-hydrogen) atoms. The van der Waals surface area contributed by atoms with E-state index >= 15 is 0 Å². The van der Waals surface area contributed by atoms with Crippen LogP contribution in [0.5, 0.6) is 0 Å². The monoisotopic (exact) mass is 304 g/mol. The van der Waals surface area contributed by atoms with E-state index in [1.807, 2.05) is 0 Å². The van der Waals surface area contributed by atoms with Gasteiger partial charge in [-0.1, -0.05) is 48.5 Å². The van der Waals surface area contributed by atoms with Crippen LogP contribution in [0.15, 0.2) is 48.5 Å². The second-order valence-electron chi connectivity index (χ2n) is 7.59. The minimum atomic E-state index is 0.230. The van der Waals surface area contributed by atoms with Crippen LogP contribution in [-0.4, -0.2) is 49.6 Å². The largest absolute Gasteiger partial charge is 0.304 e. The Morgan fingerprint density at radius 2 is 1.43 bits per heavy atom. The van der Waals surface area contributed by atoms with E-state index in [1.165, 1.54) is 39.1 Å². The van der Waals surface area contributed by atoms with Gasteiger partial charge in [-0.2, -0.15) is 0 Å². The van der Waals surface area contributed by atoms with Gasteiger partial charge in [0.25, 0.3) is 0 Å². The predicted molar refractivity (Wildman–Crippen MR) is 94.1 cm³/mol. The summed E-state index contributed by atoms with van der Waals surface area (Å²) in [5.74, 6) is 0.620. The zero-order valence-electron chi connectivity index (χ0n) is 13.8. The zero-order valence-corrected chi connectivity index (χ0v) is 13.8. The molecule has 1 aliphatic heterocycles. The molecule has 1 fully saturated rings. The van der Waals surface area contributed by atoms with Crippen molar-refractivity contribution in [3.8, 4) is 0 Å². The van der Waals surface area contributed by atoms with Gasteiger partial charge in [-0.15, -0.1) is 0 Å². The second kappa shape index (κ2) is 4.93. The van der Waals surface area contributed by atoms with Crippen LogP contribution in [-0.2, 0) is 5.41 Å². The van der Waals surface area contributed by atoms with E-state index in [2.05, 4.69) is 65.4 Å². The number of hydrogen-bond donors (Lipinski definition) is 0. The molecule has 2 aromatic rings. The van der Waals surface area contributed by atoms with E-state index < -0.39 is 0 Å². The van der Waals surface area contributed by atoms with Crippen molar-refractivity contribution < 1.29 is 0 Å². The molecule has 5 rings (SSSR count). The number of nitrogens with zero attached hydrogens (tertiary/aromatic N) is 2. The Bertz CT molecular complexity index is 696. The molecule has 2 aliphatic carbocycles. The van der Waals surface area contributed by atoms with Crippen molar-refractivity contribution in [2.24, 2.45) is 0 Å². The van der Waals surface area contributed by atoms with Crippen LogP contribution in [0.4, 0.5) is 0 Å². The number of hydrogen-bond acceptors (Lipinski definition) is 2. The Labute approximate surface area is 138 Å². The van der Waals surface area contributed by atoms with Gasteiger partial charge in [0.2, 0.25) is 0 Å². The van der Waals surface area contributed by atoms with Crippen molar-refractivity contribution >= 4 is 0 Å². The molecular formula is C21H24N2. The van der Waals surface area contributed by atoms with Crippen LogP contribution in [0, 0.1) is 0 Å². The Balaban J connectivity index is 1.59. The average Bonchev–Trinajstić information content (AvgIpc) is 3.10. The minimum absolute atomic E-state index is 0.230. The van der Waals surface area contributed by atoms with E-state index in [4.69, 9.17) is 0 Å². The molecule has 0 saturated carbocycles. The summed E-state index contributed by atoms with van der Waals surface area (Å²) >= 11 is 0.